The zero-order chi connectivity index (χ0) is 49.2. The van der Waals surface area contributed by atoms with Crippen molar-refractivity contribution >= 4 is 33.8 Å². The first-order chi connectivity index (χ1) is 35.0. The fraction of sp³-hybridized carbons (Fsp3) is 0.385. The summed E-state index contributed by atoms with van der Waals surface area (Å²) < 4.78 is 0. The van der Waals surface area contributed by atoms with E-state index in [9.17, 15) is 10.5 Å². The molecule has 0 saturated heterocycles. The van der Waals surface area contributed by atoms with Gasteiger partial charge in [0, 0.05) is 26.3 Å². The third-order valence-corrected chi connectivity index (χ3v) is 17.6. The van der Waals surface area contributed by atoms with Crippen molar-refractivity contribution < 1.29 is 0 Å². The number of fused-ring (bicyclic) bond motifs is 9. The summed E-state index contributed by atoms with van der Waals surface area (Å²) >= 11 is 3.40. The van der Waals surface area contributed by atoms with Gasteiger partial charge in [0.05, 0.1) is 25.3 Å². The fourth-order valence-electron chi connectivity index (χ4n) is 12.2. The maximum absolute atomic E-state index is 10.6. The number of rotatable bonds is 24. The smallest absolute Gasteiger partial charge is 0.226 e. The number of thiophene rings is 2. The molecule has 4 aromatic carbocycles. The summed E-state index contributed by atoms with van der Waals surface area (Å²) in [7, 11) is 0. The first-order valence-corrected chi connectivity index (χ1v) is 28.5. The molecule has 9 rings (SSSR count). The van der Waals surface area contributed by atoms with Gasteiger partial charge in [-0.05, 0) is 150 Å². The Morgan fingerprint density at radius 3 is 1.14 bits per heavy atom. The Bertz CT molecular complexity index is 2870. The summed E-state index contributed by atoms with van der Waals surface area (Å²) in [6.45, 7) is 21.1. The minimum absolute atomic E-state index is 0.111. The molecule has 0 atom stereocenters. The first kappa shape index (κ1) is 49.7. The van der Waals surface area contributed by atoms with E-state index < -0.39 is 0 Å². The van der Waals surface area contributed by atoms with Crippen molar-refractivity contribution in [2.45, 2.75) is 161 Å². The molecule has 0 radical (unpaired) electrons. The molecule has 0 bridgehead atoms. The van der Waals surface area contributed by atoms with Gasteiger partial charge in [0.2, 0.25) is 0 Å². The Morgan fingerprint density at radius 1 is 0.437 bits per heavy atom. The lowest BCUT2D eigenvalue weighted by molar-refractivity contribution is 0.397. The molecule has 6 heteroatoms. The topological polar surface area (TPSA) is 56.3 Å². The van der Waals surface area contributed by atoms with Gasteiger partial charge in [0.15, 0.2) is 0 Å². The predicted molar refractivity (Wildman–Crippen MR) is 300 cm³/mol. The summed E-state index contributed by atoms with van der Waals surface area (Å²) in [5.74, 6) is 0. The molecular weight excluding hydrogens is 901 g/mol. The maximum atomic E-state index is 10.6. The zero-order valence-electron chi connectivity index (χ0n) is 41.9. The molecule has 3 aliphatic carbocycles. The van der Waals surface area contributed by atoms with E-state index in [2.05, 4.69) is 131 Å². The highest BCUT2D eigenvalue weighted by atomic mass is 32.1. The lowest BCUT2D eigenvalue weighted by atomic mass is 9.69. The van der Waals surface area contributed by atoms with E-state index >= 15 is 0 Å². The van der Waals surface area contributed by atoms with E-state index in [1.165, 1.54) is 127 Å². The van der Waals surface area contributed by atoms with Crippen molar-refractivity contribution in [2.24, 2.45) is 0 Å². The van der Waals surface area contributed by atoms with Gasteiger partial charge in [-0.15, -0.1) is 22.7 Å². The van der Waals surface area contributed by atoms with Crippen LogP contribution in [-0.2, 0) is 5.41 Å². The van der Waals surface area contributed by atoms with Crippen LogP contribution in [0.15, 0.2) is 107 Å². The summed E-state index contributed by atoms with van der Waals surface area (Å²) in [6, 6.07) is 35.8. The van der Waals surface area contributed by atoms with Gasteiger partial charge >= 0.3 is 0 Å². The Labute approximate surface area is 432 Å². The van der Waals surface area contributed by atoms with E-state index in [-0.39, 0.29) is 16.8 Å². The van der Waals surface area contributed by atoms with Crippen LogP contribution in [0.25, 0.3) is 75.1 Å². The van der Waals surface area contributed by atoms with Crippen LogP contribution >= 0.6 is 22.7 Å². The molecule has 3 aliphatic rings. The Morgan fingerprint density at radius 2 is 0.803 bits per heavy atom. The fourth-order valence-corrected chi connectivity index (χ4v) is 13.6. The van der Waals surface area contributed by atoms with Gasteiger partial charge in [-0.3, -0.25) is 0 Å². The molecule has 2 aromatic heterocycles. The molecule has 0 amide bonds. The van der Waals surface area contributed by atoms with Crippen molar-refractivity contribution in [1.82, 2.24) is 0 Å². The van der Waals surface area contributed by atoms with E-state index in [1.807, 2.05) is 0 Å². The molecule has 2 heterocycles. The second kappa shape index (κ2) is 23.3. The molecule has 6 aromatic rings. The third kappa shape index (κ3) is 10.0. The quantitative estimate of drug-likeness (QED) is 0.0344. The van der Waals surface area contributed by atoms with Crippen LogP contribution in [0, 0.1) is 35.8 Å². The number of nitrogens with zero attached hydrogens (tertiary/aromatic N) is 4. The van der Waals surface area contributed by atoms with Gasteiger partial charge in [-0.2, -0.15) is 0 Å². The van der Waals surface area contributed by atoms with Gasteiger partial charge in [-0.1, -0.05) is 179 Å². The first-order valence-electron chi connectivity index (χ1n) is 26.8. The zero-order valence-corrected chi connectivity index (χ0v) is 43.5. The molecule has 0 aliphatic heterocycles. The highest BCUT2D eigenvalue weighted by molar-refractivity contribution is 7.13. The van der Waals surface area contributed by atoms with E-state index in [4.69, 9.17) is 13.1 Å². The van der Waals surface area contributed by atoms with Gasteiger partial charge < -0.3 is 0 Å². The van der Waals surface area contributed by atoms with Gasteiger partial charge in [0.1, 0.15) is 0 Å². The number of nitriles is 2. The van der Waals surface area contributed by atoms with E-state index in [1.54, 1.807) is 22.7 Å². The van der Waals surface area contributed by atoms with E-state index in [0.717, 1.165) is 102 Å². The van der Waals surface area contributed by atoms with Crippen LogP contribution in [0.2, 0.25) is 0 Å². The van der Waals surface area contributed by atoms with Gasteiger partial charge in [0.25, 0.3) is 11.4 Å². The van der Waals surface area contributed by atoms with Crippen molar-refractivity contribution in [3.05, 3.63) is 163 Å². The normalized spacial score (nSPS) is 14.6. The number of benzene rings is 4. The lowest BCUT2D eigenvalue weighted by Crippen LogP contribution is -2.26. The van der Waals surface area contributed by atoms with Crippen molar-refractivity contribution in [2.75, 3.05) is 0 Å². The molecule has 71 heavy (non-hydrogen) atoms. The highest BCUT2D eigenvalue weighted by Gasteiger charge is 2.45. The maximum Gasteiger partial charge on any atom is 0.270 e. The monoisotopic (exact) mass is 966 g/mol. The second-order valence-electron chi connectivity index (χ2n) is 20.2. The Hall–Kier alpha value is -6.28. The van der Waals surface area contributed by atoms with Crippen molar-refractivity contribution in [1.29, 1.82) is 10.5 Å². The molecule has 4 nitrogen and oxygen atoms in total. The number of hydrogen-bond donors (Lipinski definition) is 0. The number of allylic oxidation sites excluding steroid dienone is 2. The molecule has 0 spiro atoms. The van der Waals surface area contributed by atoms with Crippen LogP contribution in [0.4, 0.5) is 0 Å². The van der Waals surface area contributed by atoms with Crippen LogP contribution in [0.3, 0.4) is 0 Å². The SMILES string of the molecule is [C-]#[N+]/C(C#N)=C1/c2cc(-c3cccs3)ccc2-c2cc3c(cc21)-c1cc2c(cc1C3(CCCCCCCCCCCC)CCCCCCCCCCCC)-c1ccc(-c3cccs3)cc1/C2=C(/C#N)[N+]#[C-]. The molecule has 0 N–H and O–H groups in total. The molecule has 0 unspecified atom stereocenters. The Kier molecular flexibility index (Phi) is 16.3. The lowest BCUT2D eigenvalue weighted by Gasteiger charge is -2.33. The molecular formula is C65H66N4S2. The molecule has 0 fully saturated rings. The van der Waals surface area contributed by atoms with Crippen LogP contribution in [-0.4, -0.2) is 0 Å². The minimum atomic E-state index is -0.266. The number of unbranched alkanes of at least 4 members (excludes halogenated alkanes) is 18. The van der Waals surface area contributed by atoms with Crippen LogP contribution < -0.4 is 0 Å². The largest absolute Gasteiger partial charge is 0.270 e. The van der Waals surface area contributed by atoms with Crippen molar-refractivity contribution in [3.63, 3.8) is 0 Å². The average molecular weight is 967 g/mol. The number of hydrogen-bond acceptors (Lipinski definition) is 4. The third-order valence-electron chi connectivity index (χ3n) is 15.8. The summed E-state index contributed by atoms with van der Waals surface area (Å²) in [5, 5.41) is 25.4. The van der Waals surface area contributed by atoms with Gasteiger partial charge in [-0.25, -0.2) is 20.2 Å². The second-order valence-corrected chi connectivity index (χ2v) is 22.1. The Balaban J connectivity index is 1.18. The molecule has 0 saturated carbocycles. The van der Waals surface area contributed by atoms with E-state index in [0.29, 0.717) is 11.1 Å². The van der Waals surface area contributed by atoms with Crippen LogP contribution in [0.1, 0.15) is 188 Å². The average Bonchev–Trinajstić information content (AvgIpc) is 4.26. The standard InChI is InChI=1S/C65H66N4S2/c1-5-7-9-11-13-15-17-19-21-23-33-65(34-24-22-20-18-16-14-12-10-8-6-2)57-41-49-47-31-29-45(61-27-25-35-70-61)37-53(47)63(59(43-66)68-3)55(49)39-51(57)52-40-56-50(42-58(52)65)48-32-30-46(62-28-26-36-71-62)38-54(48)64(56)60(44-67)69-4/h25-32,35-42H,5-24,33-34H2,1-2H3/b63-59-,64-60+. The highest BCUT2D eigenvalue weighted by Crippen LogP contribution is 2.61. The summed E-state index contributed by atoms with van der Waals surface area (Å²) in [4.78, 5) is 10.1. The minimum Gasteiger partial charge on any atom is -0.226 e. The summed E-state index contributed by atoms with van der Waals surface area (Å²) in [5.41, 5.74) is 16.7. The molecule has 358 valence electrons. The predicted octanol–water partition coefficient (Wildman–Crippen LogP) is 20.4. The summed E-state index contributed by atoms with van der Waals surface area (Å²) in [6.07, 6.45) is 27.7. The van der Waals surface area contributed by atoms with Crippen molar-refractivity contribution in [3.8, 4) is 66.4 Å². The van der Waals surface area contributed by atoms with Crippen LogP contribution in [0.5, 0.6) is 0 Å².